The normalized spacial score (nSPS) is 19.2. The summed E-state index contributed by atoms with van der Waals surface area (Å²) in [4.78, 5) is 25.1. The molecule has 32 heavy (non-hydrogen) atoms. The third-order valence-corrected chi connectivity index (χ3v) is 6.13. The van der Waals surface area contributed by atoms with Gasteiger partial charge in [0, 0.05) is 5.70 Å². The third-order valence-electron chi connectivity index (χ3n) is 6.13. The molecular formula is C26H30N2O4. The highest BCUT2D eigenvalue weighted by atomic mass is 16.5. The van der Waals surface area contributed by atoms with E-state index in [1.807, 2.05) is 54.6 Å². The number of hydrogen-bond acceptors (Lipinski definition) is 4. The minimum absolute atomic E-state index is 0.333. The number of rotatable bonds is 7. The molecule has 2 amide bonds. The van der Waals surface area contributed by atoms with E-state index < -0.39 is 6.04 Å². The van der Waals surface area contributed by atoms with Gasteiger partial charge in [0.15, 0.2) is 0 Å². The van der Waals surface area contributed by atoms with Crippen LogP contribution in [-0.4, -0.2) is 18.6 Å². The summed E-state index contributed by atoms with van der Waals surface area (Å²) in [5, 5.41) is 5.56. The van der Waals surface area contributed by atoms with E-state index in [0.717, 1.165) is 29.7 Å². The smallest absolute Gasteiger partial charge is 0.338 e. The van der Waals surface area contributed by atoms with Gasteiger partial charge in [-0.05, 0) is 48.9 Å². The number of carbonyl (C=O) groups is 2. The zero-order valence-electron chi connectivity index (χ0n) is 18.4. The molecule has 0 saturated heterocycles. The fourth-order valence-electron chi connectivity index (χ4n) is 4.34. The molecule has 1 aliphatic heterocycles. The lowest BCUT2D eigenvalue weighted by Gasteiger charge is -2.29. The Morgan fingerprint density at radius 2 is 1.72 bits per heavy atom. The van der Waals surface area contributed by atoms with Gasteiger partial charge in [-0.25, -0.2) is 9.59 Å². The molecule has 6 nitrogen and oxygen atoms in total. The molecule has 2 aliphatic rings. The van der Waals surface area contributed by atoms with Crippen molar-refractivity contribution in [3.8, 4) is 5.75 Å². The Bertz CT molecular complexity index is 963. The molecule has 0 radical (unpaired) electrons. The van der Waals surface area contributed by atoms with Crippen molar-refractivity contribution in [3.05, 3.63) is 77.0 Å². The summed E-state index contributed by atoms with van der Waals surface area (Å²) in [6, 6.07) is 16.5. The Morgan fingerprint density at radius 3 is 2.44 bits per heavy atom. The first-order valence-corrected chi connectivity index (χ1v) is 11.3. The van der Waals surface area contributed by atoms with Gasteiger partial charge < -0.3 is 20.1 Å². The number of allylic oxidation sites excluding steroid dienone is 1. The summed E-state index contributed by atoms with van der Waals surface area (Å²) in [5.74, 6) is 0.772. The van der Waals surface area contributed by atoms with E-state index in [-0.39, 0.29) is 12.0 Å². The fraction of sp³-hybridized carbons (Fsp3) is 0.385. The van der Waals surface area contributed by atoms with Crippen LogP contribution in [0, 0.1) is 5.92 Å². The van der Waals surface area contributed by atoms with Crippen molar-refractivity contribution in [2.24, 2.45) is 5.92 Å². The van der Waals surface area contributed by atoms with E-state index in [4.69, 9.17) is 9.47 Å². The van der Waals surface area contributed by atoms with Crippen LogP contribution in [-0.2, 0) is 16.1 Å². The van der Waals surface area contributed by atoms with Crippen molar-refractivity contribution in [1.29, 1.82) is 0 Å². The Morgan fingerprint density at radius 1 is 1.00 bits per heavy atom. The second kappa shape index (κ2) is 10.4. The van der Waals surface area contributed by atoms with Crippen LogP contribution in [0.3, 0.4) is 0 Å². The lowest BCUT2D eigenvalue weighted by molar-refractivity contribution is -0.141. The van der Waals surface area contributed by atoms with E-state index in [9.17, 15) is 9.59 Å². The number of carbonyl (C=O) groups excluding carboxylic acids is 2. The summed E-state index contributed by atoms with van der Waals surface area (Å²) < 4.78 is 11.5. The van der Waals surface area contributed by atoms with Crippen molar-refractivity contribution >= 4 is 12.0 Å². The Kier molecular flexibility index (Phi) is 7.10. The molecule has 2 aromatic rings. The summed E-state index contributed by atoms with van der Waals surface area (Å²) in [5.41, 5.74) is 2.86. The summed E-state index contributed by atoms with van der Waals surface area (Å²) in [6.07, 6.45) is 5.87. The summed E-state index contributed by atoms with van der Waals surface area (Å²) in [6.45, 7) is 2.64. The number of nitrogens with one attached hydrogen (secondary N) is 2. The van der Waals surface area contributed by atoms with Crippen molar-refractivity contribution in [1.82, 2.24) is 10.6 Å². The van der Waals surface area contributed by atoms with Crippen LogP contribution in [0.1, 0.15) is 56.2 Å². The van der Waals surface area contributed by atoms with E-state index in [1.165, 1.54) is 19.3 Å². The fourth-order valence-corrected chi connectivity index (χ4v) is 4.34. The predicted molar refractivity (Wildman–Crippen MR) is 122 cm³/mol. The molecule has 1 heterocycles. The molecule has 1 atom stereocenters. The predicted octanol–water partition coefficient (Wildman–Crippen LogP) is 5.02. The van der Waals surface area contributed by atoms with Gasteiger partial charge in [-0.1, -0.05) is 61.7 Å². The SMILES string of the molecule is CC1=C(C(=O)OCC2CCCCC2)[C@@H](c2ccc(OCc3ccccc3)cc2)NC(=O)N1. The minimum Gasteiger partial charge on any atom is -0.489 e. The topological polar surface area (TPSA) is 76.7 Å². The Balaban J connectivity index is 1.44. The molecule has 1 saturated carbocycles. The van der Waals surface area contributed by atoms with Crippen molar-refractivity contribution in [3.63, 3.8) is 0 Å². The van der Waals surface area contributed by atoms with Gasteiger partial charge in [0.2, 0.25) is 0 Å². The first kappa shape index (κ1) is 21.9. The first-order chi connectivity index (χ1) is 15.6. The van der Waals surface area contributed by atoms with Crippen LogP contribution in [0.2, 0.25) is 0 Å². The van der Waals surface area contributed by atoms with Gasteiger partial charge in [-0.2, -0.15) is 0 Å². The van der Waals surface area contributed by atoms with Crippen LogP contribution >= 0.6 is 0 Å². The van der Waals surface area contributed by atoms with Crippen LogP contribution in [0.4, 0.5) is 4.79 Å². The van der Waals surface area contributed by atoms with Gasteiger partial charge >= 0.3 is 12.0 Å². The molecule has 168 valence electrons. The van der Waals surface area contributed by atoms with Crippen LogP contribution in [0.5, 0.6) is 5.75 Å². The molecule has 4 rings (SSSR count). The Labute approximate surface area is 189 Å². The van der Waals surface area contributed by atoms with Crippen LogP contribution < -0.4 is 15.4 Å². The number of hydrogen-bond donors (Lipinski definition) is 2. The van der Waals surface area contributed by atoms with Crippen LogP contribution in [0.25, 0.3) is 0 Å². The van der Waals surface area contributed by atoms with Crippen molar-refractivity contribution < 1.29 is 19.1 Å². The minimum atomic E-state index is -0.564. The molecule has 1 fully saturated rings. The zero-order valence-corrected chi connectivity index (χ0v) is 18.4. The van der Waals surface area contributed by atoms with E-state index in [0.29, 0.717) is 30.4 Å². The first-order valence-electron chi connectivity index (χ1n) is 11.3. The maximum absolute atomic E-state index is 13.0. The molecule has 0 bridgehead atoms. The van der Waals surface area contributed by atoms with E-state index >= 15 is 0 Å². The zero-order chi connectivity index (χ0) is 22.3. The molecule has 0 unspecified atom stereocenters. The molecule has 0 aromatic heterocycles. The third kappa shape index (κ3) is 5.49. The molecular weight excluding hydrogens is 404 g/mol. The highest BCUT2D eigenvalue weighted by molar-refractivity contribution is 5.95. The highest BCUT2D eigenvalue weighted by Crippen LogP contribution is 2.30. The maximum atomic E-state index is 13.0. The number of ether oxygens (including phenoxy) is 2. The second-order valence-corrected chi connectivity index (χ2v) is 8.52. The molecule has 1 aliphatic carbocycles. The average Bonchev–Trinajstić information content (AvgIpc) is 2.82. The van der Waals surface area contributed by atoms with Crippen LogP contribution in [0.15, 0.2) is 65.9 Å². The molecule has 6 heteroatoms. The number of benzene rings is 2. The summed E-state index contributed by atoms with van der Waals surface area (Å²) >= 11 is 0. The monoisotopic (exact) mass is 434 g/mol. The summed E-state index contributed by atoms with van der Waals surface area (Å²) in [7, 11) is 0. The standard InChI is InChI=1S/C26H30N2O4/c1-18-23(25(29)32-17-20-10-6-3-7-11-20)24(28-26(30)27-18)21-12-14-22(15-13-21)31-16-19-8-4-2-5-9-19/h2,4-5,8-9,12-15,20,24H,3,6-7,10-11,16-17H2,1H3,(H2,27,28,30)/t24-/m1/s1. The number of amides is 2. The number of esters is 1. The van der Waals surface area contributed by atoms with Gasteiger partial charge in [0.05, 0.1) is 18.2 Å². The van der Waals surface area contributed by atoms with Gasteiger partial charge in [-0.15, -0.1) is 0 Å². The molecule has 2 N–H and O–H groups in total. The molecule has 0 spiro atoms. The average molecular weight is 435 g/mol. The van der Waals surface area contributed by atoms with E-state index in [2.05, 4.69) is 10.6 Å². The quantitative estimate of drug-likeness (QED) is 0.600. The second-order valence-electron chi connectivity index (χ2n) is 8.52. The highest BCUT2D eigenvalue weighted by Gasteiger charge is 2.32. The van der Waals surface area contributed by atoms with Gasteiger partial charge in [0.1, 0.15) is 12.4 Å². The van der Waals surface area contributed by atoms with Gasteiger partial charge in [0.25, 0.3) is 0 Å². The largest absolute Gasteiger partial charge is 0.489 e. The van der Waals surface area contributed by atoms with E-state index in [1.54, 1.807) is 6.92 Å². The lowest BCUT2D eigenvalue weighted by Crippen LogP contribution is -2.45. The maximum Gasteiger partial charge on any atom is 0.338 e. The van der Waals surface area contributed by atoms with Gasteiger partial charge in [-0.3, -0.25) is 0 Å². The lowest BCUT2D eigenvalue weighted by atomic mass is 9.90. The molecule has 2 aromatic carbocycles. The number of urea groups is 1. The Hall–Kier alpha value is -3.28. The van der Waals surface area contributed by atoms with Crippen molar-refractivity contribution in [2.45, 2.75) is 51.7 Å². The van der Waals surface area contributed by atoms with Crippen molar-refractivity contribution in [2.75, 3.05) is 6.61 Å².